The molecule has 0 fully saturated rings. The topological polar surface area (TPSA) is 94.7 Å². The minimum atomic E-state index is -0.278. The highest BCUT2D eigenvalue weighted by Gasteiger charge is 2.06. The standard InChI is InChI=1S/C20H17ClN6OS/c21-15-3-1-14(2-4-15)18-12-29-20(27-18)26-17-7-5-16(6-8-17)25-19(28)22-9-13-10-23-24-11-13/h1-8,10-12H,9H2,(H,23,24)(H,26,27)(H2,22,25,28). The van der Waals surface area contributed by atoms with Crippen LogP contribution in [-0.2, 0) is 6.54 Å². The van der Waals surface area contributed by atoms with E-state index in [9.17, 15) is 4.79 Å². The van der Waals surface area contributed by atoms with E-state index >= 15 is 0 Å². The Morgan fingerprint density at radius 1 is 1.07 bits per heavy atom. The van der Waals surface area contributed by atoms with Gasteiger partial charge < -0.3 is 16.0 Å². The molecule has 29 heavy (non-hydrogen) atoms. The van der Waals surface area contributed by atoms with Crippen LogP contribution in [0.4, 0.5) is 21.3 Å². The van der Waals surface area contributed by atoms with Crippen LogP contribution in [0.15, 0.2) is 66.3 Å². The van der Waals surface area contributed by atoms with Crippen LogP contribution in [-0.4, -0.2) is 21.2 Å². The molecule has 0 aliphatic heterocycles. The first-order valence-electron chi connectivity index (χ1n) is 8.77. The largest absolute Gasteiger partial charge is 0.334 e. The third-order valence-electron chi connectivity index (χ3n) is 4.05. The van der Waals surface area contributed by atoms with E-state index in [-0.39, 0.29) is 6.03 Å². The number of carbonyl (C=O) groups is 1. The molecular formula is C20H17ClN6OS. The van der Waals surface area contributed by atoms with Gasteiger partial charge in [0.1, 0.15) is 0 Å². The van der Waals surface area contributed by atoms with E-state index in [1.807, 2.05) is 53.9 Å². The summed E-state index contributed by atoms with van der Waals surface area (Å²) in [6.07, 6.45) is 3.40. The summed E-state index contributed by atoms with van der Waals surface area (Å²) in [5.74, 6) is 0. The van der Waals surface area contributed by atoms with Crippen molar-refractivity contribution in [1.82, 2.24) is 20.5 Å². The van der Waals surface area contributed by atoms with E-state index < -0.39 is 0 Å². The number of aromatic nitrogens is 3. The first-order chi connectivity index (χ1) is 14.2. The number of amides is 2. The number of halogens is 1. The van der Waals surface area contributed by atoms with Crippen LogP contribution in [0.3, 0.4) is 0 Å². The smallest absolute Gasteiger partial charge is 0.319 e. The minimum Gasteiger partial charge on any atom is -0.334 e. The molecule has 2 amide bonds. The van der Waals surface area contributed by atoms with Crippen molar-refractivity contribution < 1.29 is 4.79 Å². The quantitative estimate of drug-likeness (QED) is 0.340. The summed E-state index contributed by atoms with van der Waals surface area (Å²) in [6.45, 7) is 0.405. The maximum absolute atomic E-state index is 12.0. The highest BCUT2D eigenvalue weighted by molar-refractivity contribution is 7.14. The van der Waals surface area contributed by atoms with Crippen LogP contribution >= 0.6 is 22.9 Å². The fraction of sp³-hybridized carbons (Fsp3) is 0.0500. The van der Waals surface area contributed by atoms with Crippen molar-refractivity contribution in [2.75, 3.05) is 10.6 Å². The Hall–Kier alpha value is -3.36. The lowest BCUT2D eigenvalue weighted by atomic mass is 10.2. The maximum atomic E-state index is 12.0. The first-order valence-corrected chi connectivity index (χ1v) is 10.0. The molecule has 4 N–H and O–H groups in total. The van der Waals surface area contributed by atoms with Gasteiger partial charge in [-0.3, -0.25) is 5.10 Å². The number of nitrogens with one attached hydrogen (secondary N) is 4. The molecule has 0 unspecified atom stereocenters. The molecule has 2 aromatic heterocycles. The molecule has 0 aliphatic carbocycles. The number of benzene rings is 2. The molecule has 4 aromatic rings. The van der Waals surface area contributed by atoms with Gasteiger partial charge in [0.25, 0.3) is 0 Å². The number of anilines is 3. The van der Waals surface area contributed by atoms with Crippen LogP contribution in [0.1, 0.15) is 5.56 Å². The van der Waals surface area contributed by atoms with E-state index in [2.05, 4.69) is 31.1 Å². The molecule has 7 nitrogen and oxygen atoms in total. The van der Waals surface area contributed by atoms with E-state index in [0.717, 1.165) is 27.6 Å². The number of nitrogens with zero attached hydrogens (tertiary/aromatic N) is 2. The van der Waals surface area contributed by atoms with Gasteiger partial charge in [-0.15, -0.1) is 11.3 Å². The van der Waals surface area contributed by atoms with Gasteiger partial charge in [-0.2, -0.15) is 5.10 Å². The second-order valence-electron chi connectivity index (χ2n) is 6.16. The van der Waals surface area contributed by atoms with Crippen molar-refractivity contribution in [2.24, 2.45) is 0 Å². The molecule has 0 bridgehead atoms. The average Bonchev–Trinajstić information content (AvgIpc) is 3.41. The van der Waals surface area contributed by atoms with Gasteiger partial charge in [-0.1, -0.05) is 23.7 Å². The van der Waals surface area contributed by atoms with E-state index in [0.29, 0.717) is 17.3 Å². The zero-order chi connectivity index (χ0) is 20.1. The molecule has 2 aromatic carbocycles. The molecular weight excluding hydrogens is 408 g/mol. The van der Waals surface area contributed by atoms with Gasteiger partial charge in [0.2, 0.25) is 0 Å². The summed E-state index contributed by atoms with van der Waals surface area (Å²) in [7, 11) is 0. The van der Waals surface area contributed by atoms with Crippen LogP contribution in [0.25, 0.3) is 11.3 Å². The number of thiazole rings is 1. The van der Waals surface area contributed by atoms with Crippen LogP contribution in [0.2, 0.25) is 5.02 Å². The van der Waals surface area contributed by atoms with Crippen molar-refractivity contribution in [3.8, 4) is 11.3 Å². The number of H-pyrrole nitrogens is 1. The third-order valence-corrected chi connectivity index (χ3v) is 5.06. The van der Waals surface area contributed by atoms with E-state index in [1.54, 1.807) is 12.4 Å². The number of hydrogen-bond acceptors (Lipinski definition) is 5. The van der Waals surface area contributed by atoms with Gasteiger partial charge in [0.05, 0.1) is 11.9 Å². The van der Waals surface area contributed by atoms with Gasteiger partial charge >= 0.3 is 6.03 Å². The molecule has 0 aliphatic rings. The number of urea groups is 1. The normalized spacial score (nSPS) is 10.5. The molecule has 0 spiro atoms. The summed E-state index contributed by atoms with van der Waals surface area (Å²) in [6, 6.07) is 14.7. The maximum Gasteiger partial charge on any atom is 0.319 e. The SMILES string of the molecule is O=C(NCc1cn[nH]c1)Nc1ccc(Nc2nc(-c3ccc(Cl)cc3)cs2)cc1. The Kier molecular flexibility index (Phi) is 5.73. The molecule has 0 atom stereocenters. The van der Waals surface area contributed by atoms with Crippen LogP contribution in [0, 0.1) is 0 Å². The molecule has 0 saturated carbocycles. The molecule has 9 heteroatoms. The van der Waals surface area contributed by atoms with E-state index in [4.69, 9.17) is 11.6 Å². The number of aromatic amines is 1. The van der Waals surface area contributed by atoms with Gasteiger partial charge in [-0.25, -0.2) is 9.78 Å². The fourth-order valence-electron chi connectivity index (χ4n) is 2.58. The van der Waals surface area contributed by atoms with Gasteiger partial charge in [0, 0.05) is 45.6 Å². The minimum absolute atomic E-state index is 0.278. The van der Waals surface area contributed by atoms with Crippen LogP contribution < -0.4 is 16.0 Å². The lowest BCUT2D eigenvalue weighted by Crippen LogP contribution is -2.27. The van der Waals surface area contributed by atoms with Crippen molar-refractivity contribution >= 4 is 45.5 Å². The number of hydrogen-bond donors (Lipinski definition) is 4. The number of rotatable bonds is 6. The Balaban J connectivity index is 1.32. The number of carbonyl (C=O) groups excluding carboxylic acids is 1. The predicted molar refractivity (Wildman–Crippen MR) is 117 cm³/mol. The first kappa shape index (κ1) is 19.0. The third kappa shape index (κ3) is 5.13. The van der Waals surface area contributed by atoms with Gasteiger partial charge in [-0.05, 0) is 36.4 Å². The lowest BCUT2D eigenvalue weighted by Gasteiger charge is -2.08. The second kappa shape index (κ2) is 8.76. The van der Waals surface area contributed by atoms with Crippen molar-refractivity contribution in [1.29, 1.82) is 0 Å². The second-order valence-corrected chi connectivity index (χ2v) is 7.46. The molecule has 4 rings (SSSR count). The van der Waals surface area contributed by atoms with Crippen molar-refractivity contribution in [3.63, 3.8) is 0 Å². The van der Waals surface area contributed by atoms with E-state index in [1.165, 1.54) is 11.3 Å². The monoisotopic (exact) mass is 424 g/mol. The zero-order valence-corrected chi connectivity index (χ0v) is 16.7. The van der Waals surface area contributed by atoms with Gasteiger partial charge in [0.15, 0.2) is 5.13 Å². The molecule has 0 saturated heterocycles. The summed E-state index contributed by atoms with van der Waals surface area (Å²) < 4.78 is 0. The summed E-state index contributed by atoms with van der Waals surface area (Å²) >= 11 is 7.45. The Labute approximate surface area is 176 Å². The predicted octanol–water partition coefficient (Wildman–Crippen LogP) is 5.25. The summed E-state index contributed by atoms with van der Waals surface area (Å²) in [5, 5.41) is 18.9. The van der Waals surface area contributed by atoms with Crippen molar-refractivity contribution in [3.05, 3.63) is 76.9 Å². The zero-order valence-electron chi connectivity index (χ0n) is 15.1. The van der Waals surface area contributed by atoms with Crippen LogP contribution in [0.5, 0.6) is 0 Å². The molecule has 146 valence electrons. The fourth-order valence-corrected chi connectivity index (χ4v) is 3.44. The Morgan fingerprint density at radius 2 is 1.83 bits per heavy atom. The van der Waals surface area contributed by atoms with Crippen molar-refractivity contribution in [2.45, 2.75) is 6.54 Å². The highest BCUT2D eigenvalue weighted by Crippen LogP contribution is 2.28. The highest BCUT2D eigenvalue weighted by atomic mass is 35.5. The Morgan fingerprint density at radius 3 is 2.55 bits per heavy atom. The molecule has 0 radical (unpaired) electrons. The average molecular weight is 425 g/mol. The Bertz CT molecular complexity index is 1080. The lowest BCUT2D eigenvalue weighted by molar-refractivity contribution is 0.251. The summed E-state index contributed by atoms with van der Waals surface area (Å²) in [4.78, 5) is 16.6. The summed E-state index contributed by atoms with van der Waals surface area (Å²) in [5.41, 5.74) is 4.38. The molecule has 2 heterocycles.